The lowest BCUT2D eigenvalue weighted by molar-refractivity contribution is 0.217. The minimum atomic E-state index is -0.167. The smallest absolute Gasteiger partial charge is 0.282 e. The van der Waals surface area contributed by atoms with E-state index in [1.165, 1.54) is 4.68 Å². The Hall–Kier alpha value is -2.47. The fourth-order valence-corrected chi connectivity index (χ4v) is 3.21. The van der Waals surface area contributed by atoms with Crippen LogP contribution in [0.3, 0.4) is 0 Å². The summed E-state index contributed by atoms with van der Waals surface area (Å²) in [6.45, 7) is 8.27. The lowest BCUT2D eigenvalue weighted by atomic mass is 10.1. The second-order valence-corrected chi connectivity index (χ2v) is 8.12. The third-order valence-corrected chi connectivity index (χ3v) is 5.49. The molecule has 1 heterocycles. The molecule has 0 saturated heterocycles. The van der Waals surface area contributed by atoms with Gasteiger partial charge in [-0.05, 0) is 67.8 Å². The number of aromatic nitrogens is 2. The van der Waals surface area contributed by atoms with Crippen LogP contribution in [0.4, 0.5) is 0 Å². The Morgan fingerprint density at radius 2 is 1.86 bits per heavy atom. The Kier molecular flexibility index (Phi) is 6.85. The van der Waals surface area contributed by atoms with Gasteiger partial charge in [-0.1, -0.05) is 36.7 Å². The molecule has 1 aromatic heterocycles. The van der Waals surface area contributed by atoms with Gasteiger partial charge in [0.1, 0.15) is 11.6 Å². The number of fused-ring (bicyclic) bond motifs is 1. The van der Waals surface area contributed by atoms with Crippen molar-refractivity contribution in [3.63, 3.8) is 0 Å². The highest BCUT2D eigenvalue weighted by Crippen LogP contribution is 2.21. The quantitative estimate of drug-likeness (QED) is 0.427. The van der Waals surface area contributed by atoms with Gasteiger partial charge in [0, 0.05) is 10.4 Å². The summed E-state index contributed by atoms with van der Waals surface area (Å²) in [5, 5.41) is 5.03. The van der Waals surface area contributed by atoms with E-state index < -0.39 is 0 Å². The molecule has 3 aromatic rings. The highest BCUT2D eigenvalue weighted by molar-refractivity contribution is 9.10. The fraction of sp³-hybridized carbons (Fsp3) is 0.348. The Labute approximate surface area is 179 Å². The molecule has 3 rings (SSSR count). The Morgan fingerprint density at radius 3 is 2.52 bits per heavy atom. The molecule has 0 aliphatic rings. The lowest BCUT2D eigenvalue weighted by Gasteiger charge is -2.14. The summed E-state index contributed by atoms with van der Waals surface area (Å²) in [7, 11) is 0. The van der Waals surface area contributed by atoms with E-state index in [1.807, 2.05) is 43.3 Å². The topological polar surface area (TPSA) is 56.5 Å². The van der Waals surface area contributed by atoms with Crippen LogP contribution in [-0.4, -0.2) is 22.0 Å². The van der Waals surface area contributed by atoms with Gasteiger partial charge in [0.2, 0.25) is 0 Å². The number of ether oxygens (including phenoxy) is 1. The van der Waals surface area contributed by atoms with Crippen LogP contribution in [0.25, 0.3) is 10.9 Å². The third kappa shape index (κ3) is 4.93. The largest absolute Gasteiger partial charge is 0.491 e. The number of halogens is 1. The van der Waals surface area contributed by atoms with Crippen LogP contribution in [0.15, 0.2) is 56.8 Å². The van der Waals surface area contributed by atoms with Crippen molar-refractivity contribution in [3.8, 4) is 5.75 Å². The molecule has 29 heavy (non-hydrogen) atoms. The van der Waals surface area contributed by atoms with E-state index in [0.717, 1.165) is 28.6 Å². The first-order valence-corrected chi connectivity index (χ1v) is 10.8. The number of benzene rings is 2. The minimum Gasteiger partial charge on any atom is -0.491 e. The Morgan fingerprint density at radius 1 is 1.14 bits per heavy atom. The molecular weight excluding hydrogens is 430 g/mol. The zero-order valence-electron chi connectivity index (χ0n) is 17.2. The second kappa shape index (κ2) is 9.35. The van der Waals surface area contributed by atoms with E-state index >= 15 is 0 Å². The van der Waals surface area contributed by atoms with Crippen molar-refractivity contribution < 1.29 is 4.74 Å². The van der Waals surface area contributed by atoms with E-state index in [1.54, 1.807) is 12.3 Å². The average molecular weight is 456 g/mol. The van der Waals surface area contributed by atoms with Crippen molar-refractivity contribution >= 4 is 33.0 Å². The molecule has 0 N–H and O–H groups in total. The van der Waals surface area contributed by atoms with Gasteiger partial charge in [0.05, 0.1) is 23.2 Å². The van der Waals surface area contributed by atoms with E-state index in [2.05, 4.69) is 41.8 Å². The van der Waals surface area contributed by atoms with Crippen LogP contribution in [0.1, 0.15) is 57.8 Å². The lowest BCUT2D eigenvalue weighted by Crippen LogP contribution is -2.23. The molecule has 0 aliphatic carbocycles. The molecule has 2 aromatic carbocycles. The monoisotopic (exact) mass is 455 g/mol. The normalized spacial score (nSPS) is 13.7. The highest BCUT2D eigenvalue weighted by atomic mass is 79.9. The number of rotatable bonds is 7. The highest BCUT2D eigenvalue weighted by Gasteiger charge is 2.15. The molecule has 0 fully saturated rings. The van der Waals surface area contributed by atoms with Gasteiger partial charge < -0.3 is 4.74 Å². The average Bonchev–Trinajstić information content (AvgIpc) is 2.73. The molecule has 0 spiro atoms. The van der Waals surface area contributed by atoms with Crippen LogP contribution in [0.2, 0.25) is 0 Å². The molecule has 0 bridgehead atoms. The van der Waals surface area contributed by atoms with Gasteiger partial charge >= 0.3 is 0 Å². The predicted octanol–water partition coefficient (Wildman–Crippen LogP) is 5.73. The zero-order valence-corrected chi connectivity index (χ0v) is 18.8. The van der Waals surface area contributed by atoms with Crippen molar-refractivity contribution in [3.05, 3.63) is 68.7 Å². The first kappa shape index (κ1) is 21.2. The van der Waals surface area contributed by atoms with Gasteiger partial charge in [-0.3, -0.25) is 4.79 Å². The summed E-state index contributed by atoms with van der Waals surface area (Å²) in [4.78, 5) is 17.8. The SMILES string of the molecule is CC[C@@H](C)c1nc2ccc(Br)cc2c(=O)n1N=Cc1ccc(O[C@@H](C)CC)cc1. The molecule has 0 saturated carbocycles. The predicted molar refractivity (Wildman–Crippen MR) is 122 cm³/mol. The summed E-state index contributed by atoms with van der Waals surface area (Å²) in [6, 6.07) is 13.2. The van der Waals surface area contributed by atoms with Gasteiger partial charge in [-0.25, -0.2) is 4.98 Å². The van der Waals surface area contributed by atoms with Gasteiger partial charge in [-0.2, -0.15) is 9.78 Å². The number of hydrogen-bond acceptors (Lipinski definition) is 4. The standard InChI is InChI=1S/C23H26BrN3O2/c1-5-15(3)22-26-21-12-9-18(24)13-20(21)23(28)27(22)25-14-17-7-10-19(11-8-17)29-16(4)6-2/h7-16H,5-6H2,1-4H3/t15-,16+/m1/s1. The number of hydrogen-bond donors (Lipinski definition) is 0. The van der Waals surface area contributed by atoms with Gasteiger partial charge in [0.25, 0.3) is 5.56 Å². The van der Waals surface area contributed by atoms with E-state index in [0.29, 0.717) is 16.7 Å². The maximum Gasteiger partial charge on any atom is 0.282 e. The van der Waals surface area contributed by atoms with Crippen molar-refractivity contribution in [2.75, 3.05) is 0 Å². The third-order valence-electron chi connectivity index (χ3n) is 5.00. The van der Waals surface area contributed by atoms with Crippen molar-refractivity contribution in [2.24, 2.45) is 5.10 Å². The molecule has 0 radical (unpaired) electrons. The summed E-state index contributed by atoms with van der Waals surface area (Å²) in [5.74, 6) is 1.60. The van der Waals surface area contributed by atoms with Crippen LogP contribution >= 0.6 is 15.9 Å². The van der Waals surface area contributed by atoms with Gasteiger partial charge in [0.15, 0.2) is 0 Å². The van der Waals surface area contributed by atoms with Crippen LogP contribution < -0.4 is 10.3 Å². The van der Waals surface area contributed by atoms with Gasteiger partial charge in [-0.15, -0.1) is 0 Å². The van der Waals surface area contributed by atoms with Crippen LogP contribution in [0.5, 0.6) is 5.75 Å². The minimum absolute atomic E-state index is 0.110. The molecule has 0 amide bonds. The molecule has 5 nitrogen and oxygen atoms in total. The summed E-state index contributed by atoms with van der Waals surface area (Å²) in [5.41, 5.74) is 1.41. The van der Waals surface area contributed by atoms with Crippen molar-refractivity contribution in [2.45, 2.75) is 52.6 Å². The summed E-state index contributed by atoms with van der Waals surface area (Å²) >= 11 is 3.43. The maximum atomic E-state index is 13.1. The van der Waals surface area contributed by atoms with Crippen molar-refractivity contribution in [1.29, 1.82) is 0 Å². The number of nitrogens with zero attached hydrogens (tertiary/aromatic N) is 3. The first-order valence-electron chi connectivity index (χ1n) is 9.96. The summed E-state index contributed by atoms with van der Waals surface area (Å²) < 4.78 is 8.07. The van der Waals surface area contributed by atoms with Crippen LogP contribution in [-0.2, 0) is 0 Å². The molecule has 2 atom stereocenters. The van der Waals surface area contributed by atoms with E-state index in [4.69, 9.17) is 9.72 Å². The second-order valence-electron chi connectivity index (χ2n) is 7.21. The maximum absolute atomic E-state index is 13.1. The van der Waals surface area contributed by atoms with Crippen LogP contribution in [0, 0.1) is 0 Å². The Balaban J connectivity index is 1.99. The molecule has 0 unspecified atom stereocenters. The Bertz CT molecular complexity index is 1070. The molecule has 152 valence electrons. The zero-order chi connectivity index (χ0) is 21.0. The molecular formula is C23H26BrN3O2. The van der Waals surface area contributed by atoms with Crippen molar-refractivity contribution in [1.82, 2.24) is 9.66 Å². The summed E-state index contributed by atoms with van der Waals surface area (Å²) in [6.07, 6.45) is 3.68. The first-order chi connectivity index (χ1) is 13.9. The van der Waals surface area contributed by atoms with E-state index in [9.17, 15) is 4.79 Å². The fourth-order valence-electron chi connectivity index (χ4n) is 2.85. The molecule has 6 heteroatoms. The van der Waals surface area contributed by atoms with E-state index in [-0.39, 0.29) is 17.6 Å². The molecule has 0 aliphatic heterocycles.